The number of hydrazone groups is 1. The SMILES string of the molecule is O=C(O)COC1(CC2CC(c3ccc(C=NN4CCOCC4)cc3)=NO2)CCN(CC(=O)O)CC1. The van der Waals surface area contributed by atoms with Crippen LogP contribution in [0.5, 0.6) is 0 Å². The summed E-state index contributed by atoms with van der Waals surface area (Å²) in [6.45, 7) is 3.60. The van der Waals surface area contributed by atoms with Crippen molar-refractivity contribution in [3.05, 3.63) is 35.4 Å². The summed E-state index contributed by atoms with van der Waals surface area (Å²) in [5.74, 6) is -1.90. The molecule has 2 N–H and O–H groups in total. The monoisotopic (exact) mass is 488 g/mol. The maximum absolute atomic E-state index is 11.1. The Labute approximate surface area is 203 Å². The van der Waals surface area contributed by atoms with Crippen LogP contribution in [-0.4, -0.2) is 108 Å². The number of ether oxygens (including phenoxy) is 2. The van der Waals surface area contributed by atoms with Crippen molar-refractivity contribution in [3.63, 3.8) is 0 Å². The van der Waals surface area contributed by atoms with E-state index in [1.165, 1.54) is 0 Å². The minimum atomic E-state index is -1.03. The number of benzene rings is 1. The lowest BCUT2D eigenvalue weighted by atomic mass is 9.84. The Morgan fingerprint density at radius 1 is 1.11 bits per heavy atom. The molecule has 4 rings (SSSR count). The fourth-order valence-electron chi connectivity index (χ4n) is 4.63. The molecule has 0 saturated carbocycles. The molecule has 0 spiro atoms. The number of rotatable bonds is 10. The van der Waals surface area contributed by atoms with E-state index in [-0.39, 0.29) is 12.6 Å². The van der Waals surface area contributed by atoms with Gasteiger partial charge < -0.3 is 24.5 Å². The number of oxime groups is 1. The van der Waals surface area contributed by atoms with Crippen molar-refractivity contribution in [2.75, 3.05) is 52.5 Å². The van der Waals surface area contributed by atoms with Crippen molar-refractivity contribution in [3.8, 4) is 0 Å². The highest BCUT2D eigenvalue weighted by Gasteiger charge is 2.40. The van der Waals surface area contributed by atoms with Crippen LogP contribution >= 0.6 is 0 Å². The van der Waals surface area contributed by atoms with Gasteiger partial charge in [-0.15, -0.1) is 0 Å². The molecule has 1 atom stereocenters. The maximum Gasteiger partial charge on any atom is 0.329 e. The van der Waals surface area contributed by atoms with E-state index in [1.807, 2.05) is 40.4 Å². The van der Waals surface area contributed by atoms with Crippen LogP contribution in [0.25, 0.3) is 0 Å². The molecule has 0 aliphatic carbocycles. The van der Waals surface area contributed by atoms with Crippen LogP contribution in [-0.2, 0) is 23.9 Å². The quantitative estimate of drug-likeness (QED) is 0.467. The lowest BCUT2D eigenvalue weighted by Crippen LogP contribution is -2.49. The number of carboxylic acids is 2. The molecule has 3 aliphatic rings. The Morgan fingerprint density at radius 3 is 2.49 bits per heavy atom. The van der Waals surface area contributed by atoms with Crippen LogP contribution in [0.15, 0.2) is 34.5 Å². The first-order chi connectivity index (χ1) is 16.9. The van der Waals surface area contributed by atoms with Crippen molar-refractivity contribution in [1.82, 2.24) is 9.91 Å². The summed E-state index contributed by atoms with van der Waals surface area (Å²) in [5, 5.41) is 29.0. The van der Waals surface area contributed by atoms with Gasteiger partial charge >= 0.3 is 11.9 Å². The van der Waals surface area contributed by atoms with Crippen LogP contribution in [0.1, 0.15) is 36.8 Å². The van der Waals surface area contributed by atoms with E-state index in [0.717, 1.165) is 29.9 Å². The van der Waals surface area contributed by atoms with Gasteiger partial charge in [0.05, 0.1) is 50.4 Å². The maximum atomic E-state index is 11.1. The third-order valence-corrected chi connectivity index (χ3v) is 6.56. The minimum absolute atomic E-state index is 0.0324. The highest BCUT2D eigenvalue weighted by Crippen LogP contribution is 2.34. The van der Waals surface area contributed by atoms with Crippen molar-refractivity contribution in [2.45, 2.75) is 37.4 Å². The lowest BCUT2D eigenvalue weighted by molar-refractivity contribution is -0.159. The van der Waals surface area contributed by atoms with Crippen LogP contribution < -0.4 is 0 Å². The van der Waals surface area contributed by atoms with Crippen LogP contribution in [0.4, 0.5) is 0 Å². The van der Waals surface area contributed by atoms with Gasteiger partial charge in [0.2, 0.25) is 0 Å². The van der Waals surface area contributed by atoms with E-state index >= 15 is 0 Å². The first-order valence-electron chi connectivity index (χ1n) is 11.9. The van der Waals surface area contributed by atoms with E-state index in [2.05, 4.69) is 10.3 Å². The van der Waals surface area contributed by atoms with Crippen LogP contribution in [0, 0.1) is 0 Å². The normalized spacial score (nSPS) is 22.7. The zero-order valence-electron chi connectivity index (χ0n) is 19.7. The molecular weight excluding hydrogens is 456 g/mol. The van der Waals surface area contributed by atoms with E-state index in [9.17, 15) is 9.59 Å². The van der Waals surface area contributed by atoms with Gasteiger partial charge in [-0.25, -0.2) is 4.79 Å². The highest BCUT2D eigenvalue weighted by molar-refractivity contribution is 6.01. The average Bonchev–Trinajstić information content (AvgIpc) is 3.32. The largest absolute Gasteiger partial charge is 0.480 e. The van der Waals surface area contributed by atoms with E-state index in [0.29, 0.717) is 52.0 Å². The molecule has 0 radical (unpaired) electrons. The summed E-state index contributed by atoms with van der Waals surface area (Å²) in [4.78, 5) is 29.7. The summed E-state index contributed by atoms with van der Waals surface area (Å²) in [6.07, 6.45) is 3.79. The number of hydrogen-bond donors (Lipinski definition) is 2. The van der Waals surface area contributed by atoms with Crippen molar-refractivity contribution < 1.29 is 34.1 Å². The third-order valence-electron chi connectivity index (χ3n) is 6.56. The number of aliphatic carboxylic acids is 2. The molecular formula is C24H32N4O7. The second-order valence-electron chi connectivity index (χ2n) is 9.14. The molecule has 2 saturated heterocycles. The molecule has 1 aromatic carbocycles. The smallest absolute Gasteiger partial charge is 0.329 e. The number of piperidine rings is 1. The van der Waals surface area contributed by atoms with Gasteiger partial charge in [-0.05, 0) is 24.0 Å². The molecule has 0 aromatic heterocycles. The van der Waals surface area contributed by atoms with Crippen LogP contribution in [0.3, 0.4) is 0 Å². The molecule has 0 bridgehead atoms. The average molecular weight is 489 g/mol. The van der Waals surface area contributed by atoms with Gasteiger partial charge in [0.1, 0.15) is 12.7 Å². The molecule has 11 nitrogen and oxygen atoms in total. The summed E-state index contributed by atoms with van der Waals surface area (Å²) >= 11 is 0. The number of nitrogens with zero attached hydrogens (tertiary/aromatic N) is 4. The number of carboxylic acid groups (broad SMARTS) is 2. The highest BCUT2D eigenvalue weighted by atomic mass is 16.6. The number of likely N-dealkylation sites (tertiary alicyclic amines) is 1. The molecule has 1 aromatic rings. The van der Waals surface area contributed by atoms with Gasteiger partial charge in [-0.3, -0.25) is 14.7 Å². The van der Waals surface area contributed by atoms with Gasteiger partial charge in [0, 0.05) is 25.9 Å². The summed E-state index contributed by atoms with van der Waals surface area (Å²) in [7, 11) is 0. The predicted molar refractivity (Wildman–Crippen MR) is 127 cm³/mol. The van der Waals surface area contributed by atoms with E-state index in [4.69, 9.17) is 24.5 Å². The zero-order valence-corrected chi connectivity index (χ0v) is 19.7. The molecule has 190 valence electrons. The molecule has 2 fully saturated rings. The van der Waals surface area contributed by atoms with Crippen LogP contribution in [0.2, 0.25) is 0 Å². The van der Waals surface area contributed by atoms with Gasteiger partial charge in [0.25, 0.3) is 0 Å². The predicted octanol–water partition coefficient (Wildman–Crippen LogP) is 1.26. The summed E-state index contributed by atoms with van der Waals surface area (Å²) in [6, 6.07) is 7.97. The Morgan fingerprint density at radius 2 is 1.83 bits per heavy atom. The van der Waals surface area contributed by atoms with Crippen molar-refractivity contribution >= 4 is 23.9 Å². The minimum Gasteiger partial charge on any atom is -0.480 e. The second kappa shape index (κ2) is 11.6. The Hall–Kier alpha value is -3.02. The lowest BCUT2D eigenvalue weighted by Gasteiger charge is -2.41. The molecule has 35 heavy (non-hydrogen) atoms. The fraction of sp³-hybridized carbons (Fsp3) is 0.583. The molecule has 3 aliphatic heterocycles. The summed E-state index contributed by atoms with van der Waals surface area (Å²) in [5.41, 5.74) is 2.12. The molecule has 3 heterocycles. The molecule has 0 amide bonds. The Balaban J connectivity index is 1.32. The summed E-state index contributed by atoms with van der Waals surface area (Å²) < 4.78 is 11.2. The van der Waals surface area contributed by atoms with Gasteiger partial charge in [0.15, 0.2) is 0 Å². The fourth-order valence-corrected chi connectivity index (χ4v) is 4.63. The number of morpholine rings is 1. The van der Waals surface area contributed by atoms with Crippen molar-refractivity contribution in [1.29, 1.82) is 0 Å². The van der Waals surface area contributed by atoms with E-state index < -0.39 is 24.1 Å². The number of carbonyl (C=O) groups is 2. The van der Waals surface area contributed by atoms with Crippen molar-refractivity contribution in [2.24, 2.45) is 10.3 Å². The third kappa shape index (κ3) is 7.23. The molecule has 11 heteroatoms. The number of hydrogen-bond acceptors (Lipinski definition) is 9. The zero-order chi connectivity index (χ0) is 24.7. The van der Waals surface area contributed by atoms with E-state index in [1.54, 1.807) is 0 Å². The van der Waals surface area contributed by atoms with Gasteiger partial charge in [-0.1, -0.05) is 29.4 Å². The Bertz CT molecular complexity index is 936. The standard InChI is InChI=1S/C24H32N4O7/c29-22(30)16-27-7-5-24(6-8-27,34-17-23(31)32)14-20-13-21(26-35-20)19-3-1-18(2-4-19)15-25-28-9-11-33-12-10-28/h1-4,15,20H,5-14,16-17H2,(H,29,30)(H,31,32). The second-order valence-corrected chi connectivity index (χ2v) is 9.14. The first-order valence-corrected chi connectivity index (χ1v) is 11.9. The van der Waals surface area contributed by atoms with Gasteiger partial charge in [-0.2, -0.15) is 5.10 Å². The Kier molecular flexibility index (Phi) is 8.32. The first kappa shape index (κ1) is 25.1. The topological polar surface area (TPSA) is 133 Å². The molecule has 1 unspecified atom stereocenters.